The van der Waals surface area contributed by atoms with Gasteiger partial charge in [-0.3, -0.25) is 0 Å². The van der Waals surface area contributed by atoms with Crippen molar-refractivity contribution in [3.63, 3.8) is 0 Å². The second-order valence-electron chi connectivity index (χ2n) is 27.2. The Kier molecular flexibility index (Phi) is 14.6. The van der Waals surface area contributed by atoms with E-state index in [0.717, 1.165) is 165 Å². The molecule has 0 spiro atoms. The molecule has 0 fully saturated rings. The van der Waals surface area contributed by atoms with E-state index in [1.807, 2.05) is 65.9 Å². The molecule has 0 saturated carbocycles. The molecule has 6 heterocycles. The monoisotopic (exact) mass is 1380 g/mol. The molecule has 9 heteroatoms. The summed E-state index contributed by atoms with van der Waals surface area (Å²) in [6.45, 7) is 0. The first-order chi connectivity index (χ1) is 53.0. The van der Waals surface area contributed by atoms with Crippen LogP contribution in [0.4, 0.5) is 0 Å². The largest absolute Gasteiger partial charge is 0.456 e. The molecule has 23 aromatic rings. The number of hydrogen-bond donors (Lipinski definition) is 0. The third-order valence-corrected chi connectivity index (χ3v) is 21.9. The fourth-order valence-corrected chi connectivity index (χ4v) is 16.7. The van der Waals surface area contributed by atoms with E-state index in [1.165, 1.54) is 41.7 Å². The van der Waals surface area contributed by atoms with Crippen LogP contribution >= 0.6 is 11.3 Å². The third-order valence-electron chi connectivity index (χ3n) is 20.7. The van der Waals surface area contributed by atoms with Gasteiger partial charge in [0, 0.05) is 96.6 Å². The molecular weight excluding hydrogens is 1330 g/mol. The summed E-state index contributed by atoms with van der Waals surface area (Å²) in [6, 6.07) is 122. The van der Waals surface area contributed by atoms with E-state index >= 15 is 0 Å². The van der Waals surface area contributed by atoms with E-state index in [-0.39, 0.29) is 0 Å². The molecule has 17 aromatic carbocycles. The lowest BCUT2D eigenvalue weighted by molar-refractivity contribution is 0.669. The maximum absolute atomic E-state index is 6.16. The van der Waals surface area contributed by atoms with Gasteiger partial charge >= 0.3 is 0 Å². The molecule has 0 N–H and O–H groups in total. The minimum absolute atomic E-state index is 0.716. The molecule has 8 nitrogen and oxygen atoms in total. The van der Waals surface area contributed by atoms with Crippen LogP contribution in [0.25, 0.3) is 219 Å². The van der Waals surface area contributed by atoms with Gasteiger partial charge < -0.3 is 8.83 Å². The number of nitrogens with zero attached hydrogens (tertiary/aromatic N) is 6. The van der Waals surface area contributed by atoms with Crippen LogP contribution in [0.3, 0.4) is 0 Å². The minimum atomic E-state index is 0.716. The van der Waals surface area contributed by atoms with Gasteiger partial charge in [0.2, 0.25) is 0 Å². The highest BCUT2D eigenvalue weighted by molar-refractivity contribution is 7.26. The summed E-state index contributed by atoms with van der Waals surface area (Å²) in [7, 11) is 0. The third kappa shape index (κ3) is 10.8. The first kappa shape index (κ1) is 61.5. The Morgan fingerprint density at radius 3 is 1.27 bits per heavy atom. The van der Waals surface area contributed by atoms with E-state index < -0.39 is 0 Å². The zero-order chi connectivity index (χ0) is 70.5. The summed E-state index contributed by atoms with van der Waals surface area (Å²) in [5, 5.41) is 22.1. The molecule has 0 unspecified atom stereocenters. The normalized spacial score (nSPS) is 11.7. The van der Waals surface area contributed by atoms with Gasteiger partial charge in [0.25, 0.3) is 0 Å². The second-order valence-corrected chi connectivity index (χ2v) is 28.2. The number of thiophene rings is 1. The smallest absolute Gasteiger partial charge is 0.160 e. The molecule has 0 saturated heterocycles. The summed E-state index contributed by atoms with van der Waals surface area (Å²) in [5.41, 5.74) is 15.6. The van der Waals surface area contributed by atoms with Gasteiger partial charge in [-0.25, -0.2) is 29.9 Å². The highest BCUT2D eigenvalue weighted by Crippen LogP contribution is 2.43. The van der Waals surface area contributed by atoms with Crippen molar-refractivity contribution in [2.75, 3.05) is 0 Å². The van der Waals surface area contributed by atoms with Crippen molar-refractivity contribution < 1.29 is 8.83 Å². The topological polar surface area (TPSA) is 104 Å². The van der Waals surface area contributed by atoms with Gasteiger partial charge in [0.05, 0.1) is 33.6 Å². The maximum atomic E-state index is 6.16. The van der Waals surface area contributed by atoms with Crippen molar-refractivity contribution in [3.05, 3.63) is 352 Å². The first-order valence-corrected chi connectivity index (χ1v) is 36.7. The van der Waals surface area contributed by atoms with Crippen molar-refractivity contribution in [1.82, 2.24) is 29.9 Å². The predicted molar refractivity (Wildman–Crippen MR) is 446 cm³/mol. The van der Waals surface area contributed by atoms with Crippen LogP contribution in [0.5, 0.6) is 0 Å². The Labute approximate surface area is 616 Å². The molecule has 6 aromatic heterocycles. The van der Waals surface area contributed by atoms with Gasteiger partial charge in [-0.05, 0) is 133 Å². The molecule has 0 aliphatic carbocycles. The molecule has 0 radical (unpaired) electrons. The summed E-state index contributed by atoms with van der Waals surface area (Å²) >= 11 is 1.85. The van der Waals surface area contributed by atoms with Crippen LogP contribution in [0.15, 0.2) is 361 Å². The summed E-state index contributed by atoms with van der Waals surface area (Å²) < 4.78 is 14.9. The van der Waals surface area contributed by atoms with Gasteiger partial charge in [0.15, 0.2) is 17.5 Å². The van der Waals surface area contributed by atoms with E-state index in [1.54, 1.807) is 0 Å². The Morgan fingerprint density at radius 1 is 0.196 bits per heavy atom. The summed E-state index contributed by atoms with van der Waals surface area (Å²) in [5.74, 6) is 2.19. The maximum Gasteiger partial charge on any atom is 0.160 e. The van der Waals surface area contributed by atoms with Crippen molar-refractivity contribution in [2.24, 2.45) is 0 Å². The van der Waals surface area contributed by atoms with Crippen LogP contribution in [-0.2, 0) is 0 Å². The van der Waals surface area contributed by atoms with E-state index in [2.05, 4.69) is 297 Å². The van der Waals surface area contributed by atoms with Crippen molar-refractivity contribution in [2.45, 2.75) is 0 Å². The predicted octanol–water partition coefficient (Wildman–Crippen LogP) is 26.8. The number of para-hydroxylation sites is 3. The Hall–Kier alpha value is -14.1. The number of fused-ring (bicyclic) bond motifs is 20. The average molecular weight is 1380 g/mol. The minimum Gasteiger partial charge on any atom is -0.456 e. The Balaban J connectivity index is 0.000000103. The number of benzene rings is 17. The Bertz CT molecular complexity index is 7520. The average Bonchev–Trinajstić information content (AvgIpc) is 1.74. The molecule has 23 rings (SSSR count). The molecule has 0 aliphatic rings. The van der Waals surface area contributed by atoms with E-state index in [0.29, 0.717) is 11.6 Å². The molecule has 0 atom stereocenters. The highest BCUT2D eigenvalue weighted by atomic mass is 32.1. The fraction of sp³-hybridized carbons (Fsp3) is 0. The SMILES string of the molecule is c1ccc(-c2nc(-c3ccc4cc5c(cc4c3)oc3ccccc35)nc3c2ccc2ccccc23)cc1.c1ccc(-c2nc(-c3ccc4cc5c(cc4c3)oc3ccccc35)nc3ccc4ccccc4c23)cc1.c1ccc(-c2nc(-c3ccc4ccc5sc6ccccc6c5c4c3)nc3ccccc23)cc1. The zero-order valence-corrected chi connectivity index (χ0v) is 58.2. The highest BCUT2D eigenvalue weighted by Gasteiger charge is 2.20. The Morgan fingerprint density at radius 2 is 0.636 bits per heavy atom. The van der Waals surface area contributed by atoms with Crippen LogP contribution in [0.2, 0.25) is 0 Å². The molecule has 0 bridgehead atoms. The molecular formula is C98H58N6O2S. The van der Waals surface area contributed by atoms with Crippen LogP contribution < -0.4 is 0 Å². The molecule has 498 valence electrons. The first-order valence-electron chi connectivity index (χ1n) is 35.9. The summed E-state index contributed by atoms with van der Waals surface area (Å²) in [6.07, 6.45) is 0. The molecule has 0 aliphatic heterocycles. The van der Waals surface area contributed by atoms with Gasteiger partial charge in [-0.15, -0.1) is 11.3 Å². The zero-order valence-electron chi connectivity index (χ0n) is 57.4. The van der Waals surface area contributed by atoms with Crippen LogP contribution in [-0.4, -0.2) is 29.9 Å². The van der Waals surface area contributed by atoms with Crippen molar-refractivity contribution >= 4 is 162 Å². The van der Waals surface area contributed by atoms with E-state index in [4.69, 9.17) is 38.7 Å². The molecule has 107 heavy (non-hydrogen) atoms. The number of rotatable bonds is 6. The standard InChI is InChI=1S/2C34H20N2O.C30H18N2S/c1-2-9-22(10-3-1)33-32-26-11-5-4-8-21(26)16-17-29(32)35-34(36-33)24-15-14-23-19-28-27-12-6-7-13-30(27)37-31(28)20-25(23)18-24;1-2-9-22(10-3-1)32-28-17-16-21-8-4-5-11-26(21)33(28)36-34(35-32)24-15-14-23-19-29-27-12-6-7-13-30(27)37-31(29)20-25(23)18-24;1-2-8-20(9-3-1)29-22-10-4-6-12-25(22)31-30(32-29)21-15-14-19-16-17-27-28(24(19)18-21)23-11-5-7-13-26(23)33-27/h2*1-20H;1-18H. The lowest BCUT2D eigenvalue weighted by Crippen LogP contribution is -1.96. The van der Waals surface area contributed by atoms with Crippen molar-refractivity contribution in [3.8, 4) is 67.9 Å². The van der Waals surface area contributed by atoms with Gasteiger partial charge in [0.1, 0.15) is 22.3 Å². The molecule has 0 amide bonds. The van der Waals surface area contributed by atoms with Gasteiger partial charge in [-0.2, -0.15) is 0 Å². The lowest BCUT2D eigenvalue weighted by Gasteiger charge is -2.12. The van der Waals surface area contributed by atoms with E-state index in [9.17, 15) is 0 Å². The van der Waals surface area contributed by atoms with Crippen LogP contribution in [0.1, 0.15) is 0 Å². The van der Waals surface area contributed by atoms with Crippen LogP contribution in [0, 0.1) is 0 Å². The quantitative estimate of drug-likeness (QED) is 0.152. The number of hydrogen-bond acceptors (Lipinski definition) is 9. The fourth-order valence-electron chi connectivity index (χ4n) is 15.6. The summed E-state index contributed by atoms with van der Waals surface area (Å²) in [4.78, 5) is 30.5. The van der Waals surface area contributed by atoms with Crippen molar-refractivity contribution in [1.29, 1.82) is 0 Å². The number of furan rings is 2. The van der Waals surface area contributed by atoms with Gasteiger partial charge in [-0.1, -0.05) is 267 Å². The number of aromatic nitrogens is 6. The second kappa shape index (κ2) is 25.4. The lowest BCUT2D eigenvalue weighted by atomic mass is 9.99.